The number of carbonyl (C=O) groups excluding carboxylic acids is 1. The highest BCUT2D eigenvalue weighted by atomic mass is 32.2. The van der Waals surface area contributed by atoms with Gasteiger partial charge in [0.1, 0.15) is 0 Å². The van der Waals surface area contributed by atoms with Crippen molar-refractivity contribution in [2.45, 2.75) is 20.0 Å². The van der Waals surface area contributed by atoms with Crippen molar-refractivity contribution in [3.05, 3.63) is 12.7 Å². The fraction of sp³-hybridized carbons (Fsp3) is 0.700. The van der Waals surface area contributed by atoms with Crippen LogP contribution >= 0.6 is 0 Å². The number of carbonyl (C=O) groups is 1. The summed E-state index contributed by atoms with van der Waals surface area (Å²) in [4.78, 5) is 10.7. The van der Waals surface area contributed by atoms with Gasteiger partial charge in [-0.15, -0.1) is 6.58 Å². The summed E-state index contributed by atoms with van der Waals surface area (Å²) in [6.07, 6.45) is -0.813. The predicted octanol–water partition coefficient (Wildman–Crippen LogP) is -0.490. The fourth-order valence-corrected chi connectivity index (χ4v) is 1.69. The third-order valence-corrected chi connectivity index (χ3v) is 3.06. The van der Waals surface area contributed by atoms with Crippen LogP contribution in [0.4, 0.5) is 0 Å². The van der Waals surface area contributed by atoms with E-state index in [1.54, 1.807) is 0 Å². The van der Waals surface area contributed by atoms with E-state index in [9.17, 15) is 13.2 Å². The van der Waals surface area contributed by atoms with Gasteiger partial charge in [-0.2, -0.15) is 0 Å². The lowest BCUT2D eigenvalue weighted by Gasteiger charge is -2.04. The Bertz CT molecular complexity index is 307. The topological polar surface area (TPSA) is 101 Å². The van der Waals surface area contributed by atoms with E-state index in [4.69, 9.17) is 14.9 Å². The molecular formula is C10H20O6S. The molecule has 7 heteroatoms. The van der Waals surface area contributed by atoms with Gasteiger partial charge in [-0.3, -0.25) is 4.79 Å². The summed E-state index contributed by atoms with van der Waals surface area (Å²) in [5.74, 6) is -0.525. The van der Waals surface area contributed by atoms with Crippen LogP contribution < -0.4 is 0 Å². The van der Waals surface area contributed by atoms with Crippen LogP contribution in [0.15, 0.2) is 12.7 Å². The summed E-state index contributed by atoms with van der Waals surface area (Å²) in [6, 6.07) is 0. The van der Waals surface area contributed by atoms with Gasteiger partial charge >= 0.3 is 0 Å². The Morgan fingerprint density at radius 3 is 2.12 bits per heavy atom. The van der Waals surface area contributed by atoms with E-state index < -0.39 is 33.4 Å². The third-order valence-electron chi connectivity index (χ3n) is 1.50. The molecule has 6 nitrogen and oxygen atoms in total. The van der Waals surface area contributed by atoms with Crippen LogP contribution in [-0.2, 0) is 19.4 Å². The molecule has 0 bridgehead atoms. The van der Waals surface area contributed by atoms with Gasteiger partial charge in [0.25, 0.3) is 5.12 Å². The van der Waals surface area contributed by atoms with E-state index in [0.717, 1.165) is 19.3 Å². The minimum atomic E-state index is -3.99. The summed E-state index contributed by atoms with van der Waals surface area (Å²) in [6.45, 7) is 7.91. The van der Waals surface area contributed by atoms with Crippen molar-refractivity contribution in [1.29, 1.82) is 0 Å². The quantitative estimate of drug-likeness (QED) is 0.630. The number of aliphatic hydroxyl groups is 2. The Labute approximate surface area is 102 Å². The molecule has 2 N–H and O–H groups in total. The molecule has 0 saturated carbocycles. The number of hydrogen-bond acceptors (Lipinski definition) is 6. The first-order valence-electron chi connectivity index (χ1n) is 5.11. The van der Waals surface area contributed by atoms with Gasteiger partial charge in [0.15, 0.2) is 6.10 Å². The Balaban J connectivity index is 0. The standard InChI is InChI=1S/C6H10O5S.C4H10O/c1-2-3-12(10,11)6(9)5(8)4-7;1-3-5-4-2/h2,5,7-8H,1,3-4H2;3-4H2,1-2H3. The summed E-state index contributed by atoms with van der Waals surface area (Å²) in [7, 11) is -3.99. The van der Waals surface area contributed by atoms with Gasteiger partial charge in [-0.25, -0.2) is 8.42 Å². The highest BCUT2D eigenvalue weighted by molar-refractivity contribution is 8.06. The van der Waals surface area contributed by atoms with E-state index in [0.29, 0.717) is 0 Å². The monoisotopic (exact) mass is 268 g/mol. The minimum absolute atomic E-state index is 0.525. The van der Waals surface area contributed by atoms with Crippen molar-refractivity contribution >= 4 is 15.0 Å². The molecule has 0 heterocycles. The van der Waals surface area contributed by atoms with E-state index in [1.807, 2.05) is 13.8 Å². The lowest BCUT2D eigenvalue weighted by Crippen LogP contribution is -2.32. The second-order valence-corrected chi connectivity index (χ2v) is 4.83. The second kappa shape index (κ2) is 10.4. The molecule has 0 saturated heterocycles. The molecule has 0 spiro atoms. The highest BCUT2D eigenvalue weighted by Crippen LogP contribution is 1.97. The zero-order valence-corrected chi connectivity index (χ0v) is 10.9. The zero-order valence-electron chi connectivity index (χ0n) is 10.1. The van der Waals surface area contributed by atoms with Gasteiger partial charge in [0.05, 0.1) is 12.4 Å². The molecule has 1 atom stereocenters. The first kappa shape index (κ1) is 18.6. The summed E-state index contributed by atoms with van der Waals surface area (Å²) >= 11 is 0. The van der Waals surface area contributed by atoms with Crippen LogP contribution in [0.25, 0.3) is 0 Å². The molecule has 0 aliphatic rings. The molecule has 0 aromatic heterocycles. The smallest absolute Gasteiger partial charge is 0.277 e. The van der Waals surface area contributed by atoms with Gasteiger partial charge in [-0.05, 0) is 13.8 Å². The molecule has 17 heavy (non-hydrogen) atoms. The van der Waals surface area contributed by atoms with Crippen LogP contribution in [0, 0.1) is 0 Å². The first-order valence-corrected chi connectivity index (χ1v) is 6.76. The third kappa shape index (κ3) is 8.99. The molecule has 0 amide bonds. The molecule has 0 rings (SSSR count). The molecule has 0 fully saturated rings. The molecule has 0 aliphatic heterocycles. The fourth-order valence-electron chi connectivity index (χ4n) is 0.723. The lowest BCUT2D eigenvalue weighted by atomic mass is 10.4. The number of ether oxygens (including phenoxy) is 1. The van der Waals surface area contributed by atoms with E-state index >= 15 is 0 Å². The van der Waals surface area contributed by atoms with Crippen molar-refractivity contribution in [1.82, 2.24) is 0 Å². The van der Waals surface area contributed by atoms with Gasteiger partial charge in [-0.1, -0.05) is 6.08 Å². The maximum Gasteiger partial charge on any atom is 0.277 e. The molecule has 0 aliphatic carbocycles. The minimum Gasteiger partial charge on any atom is -0.393 e. The largest absolute Gasteiger partial charge is 0.393 e. The van der Waals surface area contributed by atoms with Crippen LogP contribution in [0.5, 0.6) is 0 Å². The van der Waals surface area contributed by atoms with Crippen molar-refractivity contribution in [2.24, 2.45) is 0 Å². The van der Waals surface area contributed by atoms with Crippen molar-refractivity contribution in [2.75, 3.05) is 25.6 Å². The van der Waals surface area contributed by atoms with Gasteiger partial charge in [0.2, 0.25) is 9.84 Å². The van der Waals surface area contributed by atoms with Gasteiger partial charge < -0.3 is 14.9 Å². The zero-order chi connectivity index (χ0) is 13.9. The maximum absolute atomic E-state index is 10.8. The van der Waals surface area contributed by atoms with Crippen LogP contribution in [0.1, 0.15) is 13.8 Å². The average molecular weight is 268 g/mol. The molecular weight excluding hydrogens is 248 g/mol. The van der Waals surface area contributed by atoms with Crippen LogP contribution in [-0.4, -0.2) is 55.4 Å². The van der Waals surface area contributed by atoms with Gasteiger partial charge in [0, 0.05) is 13.2 Å². The molecule has 0 aromatic rings. The van der Waals surface area contributed by atoms with Crippen molar-refractivity contribution < 1.29 is 28.2 Å². The summed E-state index contributed by atoms with van der Waals surface area (Å²) in [5, 5.41) is 15.6. The molecule has 0 aromatic carbocycles. The Hall–Kier alpha value is -0.760. The van der Waals surface area contributed by atoms with Crippen LogP contribution in [0.3, 0.4) is 0 Å². The average Bonchev–Trinajstić information content (AvgIpc) is 2.29. The highest BCUT2D eigenvalue weighted by Gasteiger charge is 2.27. The molecule has 0 radical (unpaired) electrons. The number of aliphatic hydroxyl groups excluding tert-OH is 2. The molecule has 102 valence electrons. The van der Waals surface area contributed by atoms with E-state index in [2.05, 4.69) is 6.58 Å². The number of hydrogen-bond donors (Lipinski definition) is 2. The number of sulfone groups is 1. The maximum atomic E-state index is 10.8. The summed E-state index contributed by atoms with van der Waals surface area (Å²) < 4.78 is 26.5. The summed E-state index contributed by atoms with van der Waals surface area (Å²) in [5.41, 5.74) is 0. The Kier molecular flexibility index (Phi) is 11.4. The Morgan fingerprint density at radius 2 is 1.88 bits per heavy atom. The van der Waals surface area contributed by atoms with Crippen LogP contribution in [0.2, 0.25) is 0 Å². The van der Waals surface area contributed by atoms with E-state index in [-0.39, 0.29) is 0 Å². The van der Waals surface area contributed by atoms with Crippen molar-refractivity contribution in [3.8, 4) is 0 Å². The SMILES string of the molecule is C=CCS(=O)(=O)C(=O)C(O)CO.CCOCC. The lowest BCUT2D eigenvalue weighted by molar-refractivity contribution is -0.120. The second-order valence-electron chi connectivity index (χ2n) is 2.87. The normalized spacial score (nSPS) is 12.2. The van der Waals surface area contributed by atoms with E-state index in [1.165, 1.54) is 0 Å². The predicted molar refractivity (Wildman–Crippen MR) is 64.3 cm³/mol. The first-order chi connectivity index (χ1) is 7.87. The Morgan fingerprint density at radius 1 is 1.41 bits per heavy atom. The van der Waals surface area contributed by atoms with Crippen molar-refractivity contribution in [3.63, 3.8) is 0 Å². The molecule has 1 unspecified atom stereocenters. The number of rotatable bonds is 6.